The fraction of sp³-hybridized carbons (Fsp3) is 0.250. The van der Waals surface area contributed by atoms with Crippen LogP contribution in [0.4, 0.5) is 4.79 Å². The second-order valence-corrected chi connectivity index (χ2v) is 6.96. The number of hydrogen-bond acceptors (Lipinski definition) is 1. The number of nitrogens with one attached hydrogen (secondary N) is 3. The van der Waals surface area contributed by atoms with E-state index in [-0.39, 0.29) is 12.1 Å². The van der Waals surface area contributed by atoms with E-state index in [0.29, 0.717) is 11.6 Å². The molecule has 1 heterocycles. The molecule has 1 atom stereocenters. The van der Waals surface area contributed by atoms with Crippen molar-refractivity contribution in [2.75, 3.05) is 0 Å². The number of carbonyl (C=O) groups excluding carboxylic acids is 1. The fourth-order valence-corrected chi connectivity index (χ4v) is 3.65. The highest BCUT2D eigenvalue weighted by Gasteiger charge is 2.23. The number of halogens is 1. The van der Waals surface area contributed by atoms with E-state index in [1.54, 1.807) is 0 Å². The summed E-state index contributed by atoms with van der Waals surface area (Å²) in [7, 11) is 0. The van der Waals surface area contributed by atoms with E-state index in [2.05, 4.69) is 33.8 Å². The molecule has 1 unspecified atom stereocenters. The number of fused-ring (bicyclic) bond motifs is 3. The molecule has 0 fully saturated rings. The number of aryl methyl sites for hydroxylation is 1. The molecule has 5 heteroatoms. The summed E-state index contributed by atoms with van der Waals surface area (Å²) in [5, 5.41) is 8.01. The van der Waals surface area contributed by atoms with E-state index in [0.717, 1.165) is 24.8 Å². The van der Waals surface area contributed by atoms with Gasteiger partial charge in [0, 0.05) is 40.6 Å². The maximum atomic E-state index is 12.2. The molecule has 1 aliphatic rings. The zero-order valence-corrected chi connectivity index (χ0v) is 14.6. The van der Waals surface area contributed by atoms with E-state index in [9.17, 15) is 4.79 Å². The molecule has 0 bridgehead atoms. The highest BCUT2D eigenvalue weighted by molar-refractivity contribution is 6.30. The van der Waals surface area contributed by atoms with Gasteiger partial charge in [-0.15, -0.1) is 0 Å². The normalized spacial score (nSPS) is 16.4. The van der Waals surface area contributed by atoms with Crippen LogP contribution >= 0.6 is 11.6 Å². The van der Waals surface area contributed by atoms with Crippen molar-refractivity contribution in [1.29, 1.82) is 0 Å². The summed E-state index contributed by atoms with van der Waals surface area (Å²) in [6, 6.07) is 15.9. The Bertz CT molecular complexity index is 901. The molecular weight excluding hydrogens is 334 g/mol. The van der Waals surface area contributed by atoms with Crippen LogP contribution in [-0.4, -0.2) is 17.1 Å². The summed E-state index contributed by atoms with van der Waals surface area (Å²) in [5.74, 6) is 0. The molecule has 0 saturated carbocycles. The smallest absolute Gasteiger partial charge is 0.315 e. The number of H-pyrrole nitrogens is 1. The lowest BCUT2D eigenvalue weighted by Crippen LogP contribution is -2.44. The number of rotatable bonds is 3. The number of benzene rings is 2. The van der Waals surface area contributed by atoms with Crippen LogP contribution in [0.3, 0.4) is 0 Å². The molecule has 128 valence electrons. The molecule has 25 heavy (non-hydrogen) atoms. The van der Waals surface area contributed by atoms with E-state index >= 15 is 0 Å². The van der Waals surface area contributed by atoms with Crippen molar-refractivity contribution < 1.29 is 4.79 Å². The van der Waals surface area contributed by atoms with Crippen LogP contribution in [0.1, 0.15) is 23.2 Å². The van der Waals surface area contributed by atoms with Gasteiger partial charge in [-0.1, -0.05) is 41.9 Å². The molecule has 4 rings (SSSR count). The van der Waals surface area contributed by atoms with Gasteiger partial charge in [0.25, 0.3) is 0 Å². The van der Waals surface area contributed by atoms with Gasteiger partial charge in [0.05, 0.1) is 0 Å². The summed E-state index contributed by atoms with van der Waals surface area (Å²) in [5.41, 5.74) is 4.85. The van der Waals surface area contributed by atoms with Gasteiger partial charge in [0.15, 0.2) is 0 Å². The molecule has 1 aromatic heterocycles. The van der Waals surface area contributed by atoms with Crippen molar-refractivity contribution in [3.63, 3.8) is 0 Å². The lowest BCUT2D eigenvalue weighted by atomic mass is 9.92. The summed E-state index contributed by atoms with van der Waals surface area (Å²) >= 11 is 5.87. The molecule has 2 amide bonds. The number of carbonyl (C=O) groups is 1. The molecule has 3 aromatic rings. The van der Waals surface area contributed by atoms with E-state index in [4.69, 9.17) is 11.6 Å². The minimum absolute atomic E-state index is 0.125. The zero-order valence-electron chi connectivity index (χ0n) is 13.8. The van der Waals surface area contributed by atoms with Crippen molar-refractivity contribution in [1.82, 2.24) is 15.6 Å². The second kappa shape index (κ2) is 6.81. The Hall–Kier alpha value is -2.46. The Morgan fingerprint density at radius 3 is 2.80 bits per heavy atom. The van der Waals surface area contributed by atoms with Crippen LogP contribution in [0.25, 0.3) is 10.9 Å². The molecule has 0 saturated heterocycles. The molecule has 0 spiro atoms. The average Bonchev–Trinajstić information content (AvgIpc) is 2.99. The highest BCUT2D eigenvalue weighted by atomic mass is 35.5. The Balaban J connectivity index is 1.35. The fourth-order valence-electron chi connectivity index (χ4n) is 3.53. The standard InChI is InChI=1S/C20H20ClN3O/c21-14-7-5-13(6-8-14)12-22-20(25)23-15-9-10-17-16-3-1-2-4-18(16)24-19(17)11-15/h1-8,15,24H,9-12H2,(H2,22,23,25). The van der Waals surface area contributed by atoms with E-state index < -0.39 is 0 Å². The van der Waals surface area contributed by atoms with Crippen molar-refractivity contribution in [2.45, 2.75) is 31.8 Å². The van der Waals surface area contributed by atoms with Gasteiger partial charge < -0.3 is 15.6 Å². The van der Waals surface area contributed by atoms with Gasteiger partial charge in [0.1, 0.15) is 0 Å². The van der Waals surface area contributed by atoms with Crippen molar-refractivity contribution in [3.8, 4) is 0 Å². The molecule has 0 aliphatic heterocycles. The van der Waals surface area contributed by atoms with Crippen LogP contribution in [0.5, 0.6) is 0 Å². The minimum Gasteiger partial charge on any atom is -0.358 e. The predicted octanol–water partition coefficient (Wildman–Crippen LogP) is 4.18. The average molecular weight is 354 g/mol. The van der Waals surface area contributed by atoms with Gasteiger partial charge in [-0.2, -0.15) is 0 Å². The number of hydrogen-bond donors (Lipinski definition) is 3. The molecule has 1 aliphatic carbocycles. The third-order valence-corrected chi connectivity index (χ3v) is 5.05. The number of aromatic nitrogens is 1. The lowest BCUT2D eigenvalue weighted by molar-refractivity contribution is 0.235. The van der Waals surface area contributed by atoms with Gasteiger partial charge in [0.2, 0.25) is 0 Å². The van der Waals surface area contributed by atoms with Crippen LogP contribution < -0.4 is 10.6 Å². The van der Waals surface area contributed by atoms with Gasteiger partial charge in [-0.25, -0.2) is 4.79 Å². The molecule has 4 nitrogen and oxygen atoms in total. The SMILES string of the molecule is O=C(NCc1ccc(Cl)cc1)NC1CCc2c([nH]c3ccccc23)C1. The quantitative estimate of drug-likeness (QED) is 0.650. The summed E-state index contributed by atoms with van der Waals surface area (Å²) in [6.07, 6.45) is 2.79. The summed E-state index contributed by atoms with van der Waals surface area (Å²) in [6.45, 7) is 0.493. The Labute approximate surface area is 151 Å². The van der Waals surface area contributed by atoms with Crippen LogP contribution in [0, 0.1) is 0 Å². The first kappa shape index (κ1) is 16.0. The highest BCUT2D eigenvalue weighted by Crippen LogP contribution is 2.28. The number of urea groups is 1. The van der Waals surface area contributed by atoms with Gasteiger partial charge >= 0.3 is 6.03 Å². The largest absolute Gasteiger partial charge is 0.358 e. The maximum Gasteiger partial charge on any atom is 0.315 e. The maximum absolute atomic E-state index is 12.2. The van der Waals surface area contributed by atoms with E-state index in [1.807, 2.05) is 30.3 Å². The Morgan fingerprint density at radius 2 is 1.96 bits per heavy atom. The van der Waals surface area contributed by atoms with Crippen LogP contribution in [-0.2, 0) is 19.4 Å². The number of amides is 2. The monoisotopic (exact) mass is 353 g/mol. The van der Waals surface area contributed by atoms with Crippen LogP contribution in [0.15, 0.2) is 48.5 Å². The van der Waals surface area contributed by atoms with Crippen molar-refractivity contribution >= 4 is 28.5 Å². The lowest BCUT2D eigenvalue weighted by Gasteiger charge is -2.23. The Morgan fingerprint density at radius 1 is 1.16 bits per heavy atom. The third-order valence-electron chi connectivity index (χ3n) is 4.80. The topological polar surface area (TPSA) is 56.9 Å². The molecule has 3 N–H and O–H groups in total. The first-order chi connectivity index (χ1) is 12.2. The van der Waals surface area contributed by atoms with Crippen molar-refractivity contribution in [3.05, 3.63) is 70.4 Å². The van der Waals surface area contributed by atoms with Crippen molar-refractivity contribution in [2.24, 2.45) is 0 Å². The zero-order chi connectivity index (χ0) is 17.2. The Kier molecular flexibility index (Phi) is 4.36. The van der Waals surface area contributed by atoms with E-state index in [1.165, 1.54) is 22.2 Å². The number of aromatic amines is 1. The second-order valence-electron chi connectivity index (χ2n) is 6.52. The summed E-state index contributed by atoms with van der Waals surface area (Å²) in [4.78, 5) is 15.7. The predicted molar refractivity (Wildman–Crippen MR) is 101 cm³/mol. The first-order valence-corrected chi connectivity index (χ1v) is 8.94. The third kappa shape index (κ3) is 3.49. The van der Waals surface area contributed by atoms with Gasteiger partial charge in [-0.05, 0) is 42.2 Å². The summed E-state index contributed by atoms with van der Waals surface area (Å²) < 4.78 is 0. The molecule has 0 radical (unpaired) electrons. The minimum atomic E-state index is -0.125. The molecule has 2 aromatic carbocycles. The van der Waals surface area contributed by atoms with Crippen LogP contribution in [0.2, 0.25) is 5.02 Å². The molecular formula is C20H20ClN3O. The number of para-hydroxylation sites is 1. The van der Waals surface area contributed by atoms with Gasteiger partial charge in [-0.3, -0.25) is 0 Å². The first-order valence-electron chi connectivity index (χ1n) is 8.56.